The van der Waals surface area contributed by atoms with Crippen LogP contribution in [0.1, 0.15) is 19.4 Å². The van der Waals surface area contributed by atoms with E-state index >= 15 is 0 Å². The van der Waals surface area contributed by atoms with E-state index in [-0.39, 0.29) is 12.0 Å². The number of thioether (sulfide) groups is 1. The van der Waals surface area contributed by atoms with E-state index < -0.39 is 0 Å². The molecular formula is C13H18O3S. The van der Waals surface area contributed by atoms with E-state index in [9.17, 15) is 5.11 Å². The number of aliphatic hydroxyl groups is 1. The van der Waals surface area contributed by atoms with Gasteiger partial charge in [-0.2, -0.15) is 0 Å². The van der Waals surface area contributed by atoms with Crippen LogP contribution in [0.25, 0.3) is 0 Å². The lowest BCUT2D eigenvalue weighted by Gasteiger charge is -2.28. The second-order valence-electron chi connectivity index (χ2n) is 4.71. The average molecular weight is 254 g/mol. The van der Waals surface area contributed by atoms with Gasteiger partial charge in [0.2, 0.25) is 0 Å². The topological polar surface area (TPSA) is 38.7 Å². The van der Waals surface area contributed by atoms with Gasteiger partial charge in [-0.3, -0.25) is 0 Å². The van der Waals surface area contributed by atoms with Crippen molar-refractivity contribution in [3.05, 3.63) is 17.7 Å². The van der Waals surface area contributed by atoms with Gasteiger partial charge in [0.05, 0.1) is 11.5 Å². The van der Waals surface area contributed by atoms with Crippen molar-refractivity contribution in [2.75, 3.05) is 26.1 Å². The minimum Gasteiger partial charge on any atom is -0.486 e. The summed E-state index contributed by atoms with van der Waals surface area (Å²) in [5.41, 5.74) is 0.838. The zero-order valence-electron chi connectivity index (χ0n) is 10.4. The number of hydrogen-bond donors (Lipinski definition) is 1. The van der Waals surface area contributed by atoms with Crippen LogP contribution in [-0.2, 0) is 5.41 Å². The summed E-state index contributed by atoms with van der Waals surface area (Å²) in [6.07, 6.45) is 2.02. The van der Waals surface area contributed by atoms with Crippen LogP contribution in [0.2, 0.25) is 0 Å². The van der Waals surface area contributed by atoms with Crippen molar-refractivity contribution in [3.63, 3.8) is 0 Å². The summed E-state index contributed by atoms with van der Waals surface area (Å²) in [5, 5.41) is 9.49. The summed E-state index contributed by atoms with van der Waals surface area (Å²) in [4.78, 5) is 1.07. The summed E-state index contributed by atoms with van der Waals surface area (Å²) < 4.78 is 11.3. The maximum atomic E-state index is 9.49. The zero-order valence-corrected chi connectivity index (χ0v) is 11.3. The Kier molecular flexibility index (Phi) is 3.54. The Labute approximate surface area is 106 Å². The first-order valence-electron chi connectivity index (χ1n) is 5.68. The zero-order chi connectivity index (χ0) is 12.5. The molecule has 0 spiro atoms. The Morgan fingerprint density at radius 3 is 2.65 bits per heavy atom. The first-order chi connectivity index (χ1) is 8.10. The highest BCUT2D eigenvalue weighted by molar-refractivity contribution is 7.98. The van der Waals surface area contributed by atoms with Gasteiger partial charge in [0.15, 0.2) is 11.5 Å². The standard InChI is InChI=1S/C13H18O3S/c1-13(2,8-14)9-4-5-10-11(12(9)17-3)16-7-6-15-10/h4-5,14H,6-8H2,1-3H3. The quantitative estimate of drug-likeness (QED) is 0.841. The normalized spacial score (nSPS) is 14.8. The van der Waals surface area contributed by atoms with Crippen molar-refractivity contribution in [2.45, 2.75) is 24.2 Å². The molecule has 0 radical (unpaired) electrons. The van der Waals surface area contributed by atoms with Gasteiger partial charge in [-0.1, -0.05) is 19.9 Å². The molecule has 0 aromatic heterocycles. The van der Waals surface area contributed by atoms with Gasteiger partial charge in [-0.05, 0) is 17.9 Å². The Balaban J connectivity index is 2.54. The van der Waals surface area contributed by atoms with Crippen LogP contribution in [0.4, 0.5) is 0 Å². The molecule has 0 bridgehead atoms. The van der Waals surface area contributed by atoms with Crippen molar-refractivity contribution < 1.29 is 14.6 Å². The molecule has 0 fully saturated rings. The predicted octanol–water partition coefficient (Wildman–Crippen LogP) is 2.45. The second kappa shape index (κ2) is 4.78. The molecule has 3 nitrogen and oxygen atoms in total. The van der Waals surface area contributed by atoms with E-state index in [4.69, 9.17) is 9.47 Å². The van der Waals surface area contributed by atoms with E-state index in [1.54, 1.807) is 11.8 Å². The molecule has 1 aliphatic heterocycles. The molecule has 0 amide bonds. The molecule has 17 heavy (non-hydrogen) atoms. The van der Waals surface area contributed by atoms with Gasteiger partial charge in [0, 0.05) is 5.41 Å². The molecular weight excluding hydrogens is 236 g/mol. The summed E-state index contributed by atoms with van der Waals surface area (Å²) in [6.45, 7) is 5.35. The van der Waals surface area contributed by atoms with E-state index in [0.29, 0.717) is 13.2 Å². The maximum Gasteiger partial charge on any atom is 0.175 e. The number of rotatable bonds is 3. The van der Waals surface area contributed by atoms with Gasteiger partial charge in [0.25, 0.3) is 0 Å². The van der Waals surface area contributed by atoms with E-state index in [1.807, 2.05) is 32.2 Å². The molecule has 1 N–H and O–H groups in total. The second-order valence-corrected chi connectivity index (χ2v) is 5.53. The lowest BCUT2D eigenvalue weighted by molar-refractivity contribution is 0.165. The lowest BCUT2D eigenvalue weighted by Crippen LogP contribution is -2.24. The van der Waals surface area contributed by atoms with Crippen molar-refractivity contribution >= 4 is 11.8 Å². The largest absolute Gasteiger partial charge is 0.486 e. The van der Waals surface area contributed by atoms with Gasteiger partial charge in [0.1, 0.15) is 13.2 Å². The minimum atomic E-state index is -0.270. The van der Waals surface area contributed by atoms with Crippen LogP contribution in [0, 0.1) is 0 Å². The third-order valence-corrected chi connectivity index (χ3v) is 3.81. The summed E-state index contributed by atoms with van der Waals surface area (Å²) >= 11 is 1.64. The molecule has 1 aliphatic rings. The minimum absolute atomic E-state index is 0.111. The van der Waals surface area contributed by atoms with Crippen LogP contribution in [0.5, 0.6) is 11.5 Å². The smallest absolute Gasteiger partial charge is 0.175 e. The van der Waals surface area contributed by atoms with Gasteiger partial charge in [-0.15, -0.1) is 11.8 Å². The highest BCUT2D eigenvalue weighted by Crippen LogP contribution is 2.44. The van der Waals surface area contributed by atoms with E-state index in [2.05, 4.69) is 0 Å². The van der Waals surface area contributed by atoms with Crippen molar-refractivity contribution in [1.29, 1.82) is 0 Å². The Hall–Kier alpha value is -0.870. The number of ether oxygens (including phenoxy) is 2. The molecule has 4 heteroatoms. The van der Waals surface area contributed by atoms with Gasteiger partial charge >= 0.3 is 0 Å². The van der Waals surface area contributed by atoms with Crippen LogP contribution >= 0.6 is 11.8 Å². The van der Waals surface area contributed by atoms with E-state index in [1.165, 1.54) is 0 Å². The lowest BCUT2D eigenvalue weighted by atomic mass is 9.85. The van der Waals surface area contributed by atoms with Gasteiger partial charge < -0.3 is 14.6 Å². The van der Waals surface area contributed by atoms with Crippen molar-refractivity contribution in [2.24, 2.45) is 0 Å². The fourth-order valence-corrected chi connectivity index (χ4v) is 2.82. The fourth-order valence-electron chi connectivity index (χ4n) is 1.91. The van der Waals surface area contributed by atoms with E-state index in [0.717, 1.165) is 22.0 Å². The number of aliphatic hydroxyl groups excluding tert-OH is 1. The molecule has 2 rings (SSSR count). The average Bonchev–Trinajstić information content (AvgIpc) is 2.37. The predicted molar refractivity (Wildman–Crippen MR) is 69.3 cm³/mol. The monoisotopic (exact) mass is 254 g/mol. The summed E-state index contributed by atoms with van der Waals surface area (Å²) in [7, 11) is 0. The first kappa shape index (κ1) is 12.6. The molecule has 0 unspecified atom stereocenters. The SMILES string of the molecule is CSc1c(C(C)(C)CO)ccc2c1OCCO2. The number of hydrogen-bond acceptors (Lipinski definition) is 4. The molecule has 94 valence electrons. The van der Waals surface area contributed by atoms with Crippen LogP contribution in [0.3, 0.4) is 0 Å². The van der Waals surface area contributed by atoms with Crippen LogP contribution in [0.15, 0.2) is 17.0 Å². The maximum absolute atomic E-state index is 9.49. The summed E-state index contributed by atoms with van der Waals surface area (Å²) in [5.74, 6) is 1.63. The highest BCUT2D eigenvalue weighted by atomic mass is 32.2. The third kappa shape index (κ3) is 2.24. The molecule has 1 heterocycles. The Bertz CT molecular complexity index is 415. The Morgan fingerprint density at radius 1 is 1.29 bits per heavy atom. The molecule has 0 saturated carbocycles. The molecule has 0 atom stereocenters. The van der Waals surface area contributed by atoms with Gasteiger partial charge in [-0.25, -0.2) is 0 Å². The van der Waals surface area contributed by atoms with Crippen molar-refractivity contribution in [1.82, 2.24) is 0 Å². The molecule has 0 saturated heterocycles. The number of fused-ring (bicyclic) bond motifs is 1. The number of benzene rings is 1. The summed E-state index contributed by atoms with van der Waals surface area (Å²) in [6, 6.07) is 3.95. The Morgan fingerprint density at radius 2 is 2.00 bits per heavy atom. The van der Waals surface area contributed by atoms with Crippen LogP contribution < -0.4 is 9.47 Å². The van der Waals surface area contributed by atoms with Crippen molar-refractivity contribution in [3.8, 4) is 11.5 Å². The van der Waals surface area contributed by atoms with Crippen LogP contribution in [-0.4, -0.2) is 31.2 Å². The molecule has 1 aromatic carbocycles. The molecule has 0 aliphatic carbocycles. The molecule has 1 aromatic rings. The first-order valence-corrected chi connectivity index (χ1v) is 6.90. The fraction of sp³-hybridized carbons (Fsp3) is 0.538. The highest BCUT2D eigenvalue weighted by Gasteiger charge is 2.27. The third-order valence-electron chi connectivity index (χ3n) is 2.99.